The maximum atomic E-state index is 12.1. The number of carbonyl (C=O) groups excluding carboxylic acids is 3. The third-order valence-electron chi connectivity index (χ3n) is 3.45. The van der Waals surface area contributed by atoms with Gasteiger partial charge in [-0.25, -0.2) is 4.79 Å². The summed E-state index contributed by atoms with van der Waals surface area (Å²) in [5, 5.41) is 18.7. The Balaban J connectivity index is 2.60. The summed E-state index contributed by atoms with van der Waals surface area (Å²) in [5.74, 6) is -3.15. The minimum Gasteiger partial charge on any atom is -0.504 e. The fourth-order valence-electron chi connectivity index (χ4n) is 1.99. The van der Waals surface area contributed by atoms with E-state index in [1.807, 2.05) is 0 Å². The van der Waals surface area contributed by atoms with Gasteiger partial charge in [0.15, 0.2) is 11.5 Å². The largest absolute Gasteiger partial charge is 0.504 e. The average Bonchev–Trinajstić information content (AvgIpc) is 2.54. The Morgan fingerprint density at radius 3 is 2.44 bits per heavy atom. The second-order valence-corrected chi connectivity index (χ2v) is 5.85. The Morgan fingerprint density at radius 2 is 1.88 bits per heavy atom. The van der Waals surface area contributed by atoms with E-state index in [0.29, 0.717) is 5.56 Å². The molecule has 0 aliphatic carbocycles. The van der Waals surface area contributed by atoms with Gasteiger partial charge in [0.2, 0.25) is 0 Å². The number of nitrogens with two attached hydrogens (primary N) is 2. The lowest BCUT2D eigenvalue weighted by atomic mass is 9.94. The van der Waals surface area contributed by atoms with Gasteiger partial charge in [0, 0.05) is 12.8 Å². The van der Waals surface area contributed by atoms with Crippen molar-refractivity contribution in [1.29, 1.82) is 0 Å². The van der Waals surface area contributed by atoms with E-state index in [4.69, 9.17) is 11.5 Å². The van der Waals surface area contributed by atoms with Crippen LogP contribution >= 0.6 is 0 Å². The SMILES string of the molecule is COC(=O)C(N)CCC(=O)OC(=O)[C@@](C)(N)Cc1ccc(O)c(O)c1. The Kier molecular flexibility index (Phi) is 6.89. The topological polar surface area (TPSA) is 162 Å². The van der Waals surface area contributed by atoms with Crippen molar-refractivity contribution >= 4 is 17.9 Å². The number of benzene rings is 1. The van der Waals surface area contributed by atoms with Crippen LogP contribution < -0.4 is 11.5 Å². The lowest BCUT2D eigenvalue weighted by molar-refractivity contribution is -0.163. The van der Waals surface area contributed by atoms with Gasteiger partial charge in [0.25, 0.3) is 0 Å². The fourth-order valence-corrected chi connectivity index (χ4v) is 1.99. The summed E-state index contributed by atoms with van der Waals surface area (Å²) in [6.45, 7) is 1.37. The summed E-state index contributed by atoms with van der Waals surface area (Å²) in [4.78, 5) is 34.9. The van der Waals surface area contributed by atoms with E-state index in [1.54, 1.807) is 0 Å². The molecule has 25 heavy (non-hydrogen) atoms. The second kappa shape index (κ2) is 8.45. The van der Waals surface area contributed by atoms with Crippen molar-refractivity contribution in [3.63, 3.8) is 0 Å². The van der Waals surface area contributed by atoms with Crippen LogP contribution in [-0.2, 0) is 30.3 Å². The highest BCUT2D eigenvalue weighted by Gasteiger charge is 2.32. The summed E-state index contributed by atoms with van der Waals surface area (Å²) < 4.78 is 9.11. The van der Waals surface area contributed by atoms with E-state index in [1.165, 1.54) is 32.2 Å². The van der Waals surface area contributed by atoms with Crippen LogP contribution in [0.15, 0.2) is 18.2 Å². The van der Waals surface area contributed by atoms with Crippen LogP contribution in [0.1, 0.15) is 25.3 Å². The number of methoxy groups -OCH3 is 1. The molecule has 0 saturated carbocycles. The van der Waals surface area contributed by atoms with Gasteiger partial charge in [-0.2, -0.15) is 0 Å². The van der Waals surface area contributed by atoms with Crippen molar-refractivity contribution in [2.75, 3.05) is 7.11 Å². The number of rotatable bonds is 7. The highest BCUT2D eigenvalue weighted by Crippen LogP contribution is 2.26. The first kappa shape index (κ1) is 20.4. The lowest BCUT2D eigenvalue weighted by Crippen LogP contribution is -2.48. The second-order valence-electron chi connectivity index (χ2n) is 5.85. The summed E-state index contributed by atoms with van der Waals surface area (Å²) >= 11 is 0. The number of phenols is 2. The number of hydrogen-bond donors (Lipinski definition) is 4. The number of phenolic OH excluding ortho intramolecular Hbond substituents is 2. The van der Waals surface area contributed by atoms with E-state index >= 15 is 0 Å². The normalized spacial score (nSPS) is 14.2. The molecule has 9 nitrogen and oxygen atoms in total. The summed E-state index contributed by atoms with van der Waals surface area (Å²) in [6, 6.07) is 3.00. The zero-order valence-electron chi connectivity index (χ0n) is 14.0. The van der Waals surface area contributed by atoms with E-state index in [9.17, 15) is 24.6 Å². The summed E-state index contributed by atoms with van der Waals surface area (Å²) in [6.07, 6.45) is -0.321. The Morgan fingerprint density at radius 1 is 1.24 bits per heavy atom. The third-order valence-corrected chi connectivity index (χ3v) is 3.45. The molecule has 0 aliphatic rings. The molecule has 0 spiro atoms. The van der Waals surface area contributed by atoms with Gasteiger partial charge in [-0.15, -0.1) is 0 Å². The van der Waals surface area contributed by atoms with Crippen molar-refractivity contribution in [2.45, 2.75) is 37.8 Å². The first-order valence-corrected chi connectivity index (χ1v) is 7.45. The molecule has 138 valence electrons. The smallest absolute Gasteiger partial charge is 0.333 e. The minimum atomic E-state index is -1.54. The molecule has 0 heterocycles. The summed E-state index contributed by atoms with van der Waals surface area (Å²) in [7, 11) is 1.17. The molecule has 0 saturated heterocycles. The number of carbonyl (C=O) groups is 3. The minimum absolute atomic E-state index is 0.0331. The van der Waals surface area contributed by atoms with Crippen LogP contribution in [0.2, 0.25) is 0 Å². The molecule has 1 aromatic rings. The van der Waals surface area contributed by atoms with Crippen molar-refractivity contribution in [1.82, 2.24) is 0 Å². The van der Waals surface area contributed by atoms with Crippen molar-refractivity contribution < 1.29 is 34.1 Å². The monoisotopic (exact) mass is 354 g/mol. The van der Waals surface area contributed by atoms with Gasteiger partial charge in [-0.05, 0) is 31.0 Å². The molecule has 1 unspecified atom stereocenters. The standard InChI is InChI=1S/C16H22N2O7/c1-16(18,8-9-3-5-11(19)12(20)7-9)15(23)25-13(21)6-4-10(17)14(22)24-2/h3,5,7,10,19-20H,4,6,8,17-18H2,1-2H3/t10?,16-/m0/s1. The Bertz CT molecular complexity index is 658. The van der Waals surface area contributed by atoms with E-state index < -0.39 is 29.5 Å². The van der Waals surface area contributed by atoms with Crippen LogP contribution in [-0.4, -0.2) is 46.8 Å². The van der Waals surface area contributed by atoms with Gasteiger partial charge in [-0.1, -0.05) is 6.07 Å². The lowest BCUT2D eigenvalue weighted by Gasteiger charge is -2.22. The predicted octanol–water partition coefficient (Wildman–Crippen LogP) is -0.292. The molecule has 0 aliphatic heterocycles. The van der Waals surface area contributed by atoms with Crippen LogP contribution in [0, 0.1) is 0 Å². The van der Waals surface area contributed by atoms with Crippen LogP contribution in [0.4, 0.5) is 0 Å². The van der Waals surface area contributed by atoms with Gasteiger partial charge in [0.05, 0.1) is 7.11 Å². The zero-order valence-corrected chi connectivity index (χ0v) is 14.0. The van der Waals surface area contributed by atoms with E-state index in [0.717, 1.165) is 0 Å². The first-order valence-electron chi connectivity index (χ1n) is 7.45. The number of esters is 3. The molecule has 0 bridgehead atoms. The van der Waals surface area contributed by atoms with Crippen molar-refractivity contribution in [2.24, 2.45) is 11.5 Å². The fraction of sp³-hybridized carbons (Fsp3) is 0.438. The number of ether oxygens (including phenoxy) is 2. The highest BCUT2D eigenvalue weighted by atomic mass is 16.6. The maximum absolute atomic E-state index is 12.1. The van der Waals surface area contributed by atoms with Crippen molar-refractivity contribution in [3.05, 3.63) is 23.8 Å². The van der Waals surface area contributed by atoms with Gasteiger partial charge in [-0.3, -0.25) is 9.59 Å². The van der Waals surface area contributed by atoms with Gasteiger partial charge < -0.3 is 31.2 Å². The van der Waals surface area contributed by atoms with Gasteiger partial charge in [0.1, 0.15) is 11.6 Å². The maximum Gasteiger partial charge on any atom is 0.333 e. The number of hydrogen-bond acceptors (Lipinski definition) is 9. The van der Waals surface area contributed by atoms with E-state index in [2.05, 4.69) is 9.47 Å². The number of aromatic hydroxyl groups is 2. The molecule has 2 atom stereocenters. The quantitative estimate of drug-likeness (QED) is 0.293. The van der Waals surface area contributed by atoms with Crippen LogP contribution in [0.25, 0.3) is 0 Å². The molecule has 1 aromatic carbocycles. The molecule has 1 rings (SSSR count). The molecule has 0 amide bonds. The zero-order chi connectivity index (χ0) is 19.2. The first-order chi connectivity index (χ1) is 11.6. The van der Waals surface area contributed by atoms with Gasteiger partial charge >= 0.3 is 17.9 Å². The Hall–Kier alpha value is -2.65. The molecular formula is C16H22N2O7. The molecule has 0 aromatic heterocycles. The molecule has 0 fully saturated rings. The van der Waals surface area contributed by atoms with Crippen LogP contribution in [0.3, 0.4) is 0 Å². The molecule has 9 heteroatoms. The van der Waals surface area contributed by atoms with Crippen LogP contribution in [0.5, 0.6) is 11.5 Å². The third kappa shape index (κ3) is 6.05. The average molecular weight is 354 g/mol. The summed E-state index contributed by atoms with van der Waals surface area (Å²) in [5.41, 5.74) is 10.3. The highest BCUT2D eigenvalue weighted by molar-refractivity contribution is 5.91. The van der Waals surface area contributed by atoms with E-state index in [-0.39, 0.29) is 30.8 Å². The predicted molar refractivity (Wildman–Crippen MR) is 86.4 cm³/mol. The Labute approximate surface area is 144 Å². The molecule has 6 N–H and O–H groups in total. The van der Waals surface area contributed by atoms with Crippen molar-refractivity contribution in [3.8, 4) is 11.5 Å². The molecule has 0 radical (unpaired) electrons. The molecular weight excluding hydrogens is 332 g/mol.